The van der Waals surface area contributed by atoms with Gasteiger partial charge in [0.25, 0.3) is 11.5 Å². The summed E-state index contributed by atoms with van der Waals surface area (Å²) in [7, 11) is 0. The van der Waals surface area contributed by atoms with E-state index in [1.54, 1.807) is 36.5 Å². The van der Waals surface area contributed by atoms with Gasteiger partial charge in [-0.2, -0.15) is 5.10 Å². The molecule has 7 nitrogen and oxygen atoms in total. The smallest absolute Gasteiger partial charge is 0.274 e. The van der Waals surface area contributed by atoms with Gasteiger partial charge in [-0.15, -0.1) is 0 Å². The number of H-pyrrole nitrogens is 1. The van der Waals surface area contributed by atoms with Crippen molar-refractivity contribution >= 4 is 22.2 Å². The molecule has 1 unspecified atom stereocenters. The second-order valence-corrected chi connectivity index (χ2v) is 7.79. The van der Waals surface area contributed by atoms with Gasteiger partial charge in [0.15, 0.2) is 5.69 Å². The number of fused-ring (bicyclic) bond motifs is 2. The van der Waals surface area contributed by atoms with Crippen molar-refractivity contribution in [3.63, 3.8) is 0 Å². The van der Waals surface area contributed by atoms with Crippen molar-refractivity contribution in [1.82, 2.24) is 19.9 Å². The second-order valence-electron chi connectivity index (χ2n) is 7.79. The lowest BCUT2D eigenvalue weighted by molar-refractivity contribution is 0.0911. The first-order chi connectivity index (χ1) is 16.4. The molecule has 2 aromatic heterocycles. The Morgan fingerprint density at radius 3 is 2.65 bits per heavy atom. The van der Waals surface area contributed by atoms with Crippen LogP contribution in [0.25, 0.3) is 27.5 Å². The summed E-state index contributed by atoms with van der Waals surface area (Å²) in [5.74, 6) is -1.42. The summed E-state index contributed by atoms with van der Waals surface area (Å²) in [4.78, 5) is 28.2. The molecule has 0 saturated heterocycles. The standard InChI is InChI=1S/C25H18F2N4O3/c26-17-8-6-15(7-9-17)22(13-32)29-24(33)20-11-23-25(34)28-21(12-31(23)30-20)16-5-4-14-2-1-3-19(27)18(14)10-16/h1-12,22,32H,13H2,(H,28,34)(H,29,33). The number of hydrogen-bond acceptors (Lipinski definition) is 4. The van der Waals surface area contributed by atoms with Crippen molar-refractivity contribution in [2.24, 2.45) is 0 Å². The van der Waals surface area contributed by atoms with Crippen molar-refractivity contribution in [1.29, 1.82) is 0 Å². The fourth-order valence-electron chi connectivity index (χ4n) is 3.82. The first-order valence-corrected chi connectivity index (χ1v) is 10.4. The highest BCUT2D eigenvalue weighted by Crippen LogP contribution is 2.25. The Kier molecular flexibility index (Phi) is 5.39. The summed E-state index contributed by atoms with van der Waals surface area (Å²) in [5, 5.41) is 17.6. The summed E-state index contributed by atoms with van der Waals surface area (Å²) >= 11 is 0. The summed E-state index contributed by atoms with van der Waals surface area (Å²) in [5.41, 5.74) is 1.13. The van der Waals surface area contributed by atoms with Crippen LogP contribution in [0.5, 0.6) is 0 Å². The molecule has 0 spiro atoms. The van der Waals surface area contributed by atoms with Gasteiger partial charge in [-0.25, -0.2) is 13.3 Å². The average molecular weight is 460 g/mol. The van der Waals surface area contributed by atoms with Gasteiger partial charge in [0.1, 0.15) is 17.2 Å². The highest BCUT2D eigenvalue weighted by atomic mass is 19.1. The number of halogens is 2. The number of benzene rings is 3. The average Bonchev–Trinajstić information content (AvgIpc) is 3.28. The molecule has 34 heavy (non-hydrogen) atoms. The van der Waals surface area contributed by atoms with E-state index in [9.17, 15) is 23.5 Å². The molecule has 0 saturated carbocycles. The Morgan fingerprint density at radius 1 is 1.09 bits per heavy atom. The molecular formula is C25H18F2N4O3. The van der Waals surface area contributed by atoms with Gasteiger partial charge < -0.3 is 15.4 Å². The van der Waals surface area contributed by atoms with Crippen LogP contribution < -0.4 is 10.9 Å². The fraction of sp³-hybridized carbons (Fsp3) is 0.0800. The zero-order chi connectivity index (χ0) is 23.8. The zero-order valence-electron chi connectivity index (χ0n) is 17.6. The molecule has 5 rings (SSSR count). The number of hydrogen-bond donors (Lipinski definition) is 3. The molecule has 0 aliphatic carbocycles. The number of nitrogens with one attached hydrogen (secondary N) is 2. The van der Waals surface area contributed by atoms with Crippen LogP contribution >= 0.6 is 0 Å². The van der Waals surface area contributed by atoms with E-state index in [1.165, 1.54) is 40.9 Å². The first kappa shape index (κ1) is 21.5. The number of nitrogens with zero attached hydrogens (tertiary/aromatic N) is 2. The molecule has 0 fully saturated rings. The molecule has 0 aliphatic heterocycles. The molecular weight excluding hydrogens is 442 g/mol. The molecule has 1 amide bonds. The van der Waals surface area contributed by atoms with Crippen LogP contribution in [0.2, 0.25) is 0 Å². The van der Waals surface area contributed by atoms with E-state index in [-0.39, 0.29) is 17.0 Å². The molecule has 170 valence electrons. The van der Waals surface area contributed by atoms with E-state index >= 15 is 0 Å². The monoisotopic (exact) mass is 460 g/mol. The topological polar surface area (TPSA) is 99.5 Å². The Balaban J connectivity index is 1.47. The number of aromatic nitrogens is 3. The minimum atomic E-state index is -0.778. The third-order valence-corrected chi connectivity index (χ3v) is 5.60. The van der Waals surface area contributed by atoms with Crippen molar-refractivity contribution in [3.05, 3.63) is 106 Å². The predicted molar refractivity (Wildman–Crippen MR) is 122 cm³/mol. The summed E-state index contributed by atoms with van der Waals surface area (Å²) in [6, 6.07) is 15.9. The quantitative estimate of drug-likeness (QED) is 0.373. The molecule has 0 aliphatic rings. The SMILES string of the molecule is O=C(NC(CO)c1ccc(F)cc1)c1cc2c(=O)[nH]c(-c3ccc4cccc(F)c4c3)cn2n1. The largest absolute Gasteiger partial charge is 0.394 e. The third kappa shape index (κ3) is 3.93. The number of carbonyl (C=O) groups excluding carboxylic acids is 1. The normalized spacial score (nSPS) is 12.2. The van der Waals surface area contributed by atoms with Crippen molar-refractivity contribution in [2.45, 2.75) is 6.04 Å². The molecule has 1 atom stereocenters. The van der Waals surface area contributed by atoms with Crippen LogP contribution in [-0.4, -0.2) is 32.2 Å². The van der Waals surface area contributed by atoms with Gasteiger partial charge in [-0.3, -0.25) is 9.59 Å². The van der Waals surface area contributed by atoms with Crippen LogP contribution in [-0.2, 0) is 0 Å². The summed E-state index contributed by atoms with van der Waals surface area (Å²) in [6.45, 7) is -0.409. The van der Waals surface area contributed by atoms with E-state index < -0.39 is 29.9 Å². The van der Waals surface area contributed by atoms with E-state index in [4.69, 9.17) is 0 Å². The van der Waals surface area contributed by atoms with Gasteiger partial charge >= 0.3 is 0 Å². The minimum absolute atomic E-state index is 0.0345. The summed E-state index contributed by atoms with van der Waals surface area (Å²) < 4.78 is 28.7. The van der Waals surface area contributed by atoms with Crippen LogP contribution in [0, 0.1) is 11.6 Å². The van der Waals surface area contributed by atoms with Gasteiger partial charge in [-0.1, -0.05) is 36.4 Å². The Morgan fingerprint density at radius 2 is 1.88 bits per heavy atom. The predicted octanol–water partition coefficient (Wildman–Crippen LogP) is 3.58. The van der Waals surface area contributed by atoms with E-state index in [2.05, 4.69) is 15.4 Å². The first-order valence-electron chi connectivity index (χ1n) is 10.4. The van der Waals surface area contributed by atoms with E-state index in [1.807, 2.05) is 0 Å². The van der Waals surface area contributed by atoms with Gasteiger partial charge in [0.2, 0.25) is 0 Å². The maximum Gasteiger partial charge on any atom is 0.274 e. The van der Waals surface area contributed by atoms with Crippen LogP contribution in [0.3, 0.4) is 0 Å². The number of rotatable bonds is 5. The van der Waals surface area contributed by atoms with Crippen LogP contribution in [0.1, 0.15) is 22.1 Å². The molecule has 9 heteroatoms. The molecule has 0 bridgehead atoms. The number of aliphatic hydroxyl groups is 1. The number of amides is 1. The Hall–Kier alpha value is -4.37. The van der Waals surface area contributed by atoms with Crippen LogP contribution in [0.15, 0.2) is 77.7 Å². The van der Waals surface area contributed by atoms with Crippen LogP contribution in [0.4, 0.5) is 8.78 Å². The molecule has 2 heterocycles. The zero-order valence-corrected chi connectivity index (χ0v) is 17.6. The highest BCUT2D eigenvalue weighted by molar-refractivity contribution is 5.94. The lowest BCUT2D eigenvalue weighted by atomic mass is 10.0. The van der Waals surface area contributed by atoms with Crippen molar-refractivity contribution < 1.29 is 18.7 Å². The Labute approximate surface area is 191 Å². The van der Waals surface area contributed by atoms with Gasteiger partial charge in [0.05, 0.1) is 24.5 Å². The molecule has 0 radical (unpaired) electrons. The molecule has 3 N–H and O–H groups in total. The summed E-state index contributed by atoms with van der Waals surface area (Å²) in [6.07, 6.45) is 1.54. The number of carbonyl (C=O) groups is 1. The maximum absolute atomic E-state index is 14.2. The number of aromatic amines is 1. The van der Waals surface area contributed by atoms with Gasteiger partial charge in [0, 0.05) is 17.0 Å². The third-order valence-electron chi connectivity index (χ3n) is 5.60. The fourth-order valence-corrected chi connectivity index (χ4v) is 3.82. The lowest BCUT2D eigenvalue weighted by Crippen LogP contribution is -2.31. The molecule has 5 aromatic rings. The van der Waals surface area contributed by atoms with Crippen molar-refractivity contribution in [2.75, 3.05) is 6.61 Å². The second kappa shape index (κ2) is 8.53. The Bertz CT molecular complexity index is 1590. The molecule has 3 aromatic carbocycles. The van der Waals surface area contributed by atoms with E-state index in [0.29, 0.717) is 22.2 Å². The maximum atomic E-state index is 14.2. The van der Waals surface area contributed by atoms with Gasteiger partial charge in [-0.05, 0) is 35.2 Å². The van der Waals surface area contributed by atoms with E-state index in [0.717, 1.165) is 5.39 Å². The minimum Gasteiger partial charge on any atom is -0.394 e. The highest BCUT2D eigenvalue weighted by Gasteiger charge is 2.19. The van der Waals surface area contributed by atoms with Crippen molar-refractivity contribution in [3.8, 4) is 11.3 Å². The lowest BCUT2D eigenvalue weighted by Gasteiger charge is -2.15. The number of aliphatic hydroxyl groups excluding tert-OH is 1.